The highest BCUT2D eigenvalue weighted by molar-refractivity contribution is 5.50. The summed E-state index contributed by atoms with van der Waals surface area (Å²) in [6.07, 6.45) is -0.162. The molecule has 1 atom stereocenters. The van der Waals surface area contributed by atoms with Crippen molar-refractivity contribution >= 4 is 5.69 Å². The topological polar surface area (TPSA) is 110 Å². The van der Waals surface area contributed by atoms with Crippen molar-refractivity contribution in [2.24, 2.45) is 5.11 Å². The van der Waals surface area contributed by atoms with Crippen LogP contribution in [0.15, 0.2) is 23.3 Å². The Labute approximate surface area is 95.5 Å². The summed E-state index contributed by atoms with van der Waals surface area (Å²) in [6, 6.07) is 4.14. The summed E-state index contributed by atoms with van der Waals surface area (Å²) >= 11 is 0. The zero-order chi connectivity index (χ0) is 12.3. The standard InChI is InChI=1S/C9H8N4O4/c10-12-11-4-3-9-16-7-2-1-6(13(14)15)5-8(7)17-9/h1-2,5,9H,3-4H2. The van der Waals surface area contributed by atoms with E-state index in [-0.39, 0.29) is 12.2 Å². The fourth-order valence-electron chi connectivity index (χ4n) is 1.43. The molecule has 1 heterocycles. The molecule has 8 nitrogen and oxygen atoms in total. The molecule has 0 aliphatic carbocycles. The minimum atomic E-state index is -0.558. The van der Waals surface area contributed by atoms with E-state index >= 15 is 0 Å². The van der Waals surface area contributed by atoms with Crippen molar-refractivity contribution < 1.29 is 14.4 Å². The monoisotopic (exact) mass is 236 g/mol. The number of benzene rings is 1. The van der Waals surface area contributed by atoms with Crippen molar-refractivity contribution in [1.82, 2.24) is 0 Å². The molecule has 1 unspecified atom stereocenters. The molecule has 1 aliphatic heterocycles. The summed E-state index contributed by atoms with van der Waals surface area (Å²) in [5.74, 6) is 0.798. The first kappa shape index (κ1) is 11.0. The molecule has 17 heavy (non-hydrogen) atoms. The summed E-state index contributed by atoms with van der Waals surface area (Å²) < 4.78 is 10.7. The Bertz CT molecular complexity index is 498. The van der Waals surface area contributed by atoms with Crippen molar-refractivity contribution in [2.45, 2.75) is 12.7 Å². The van der Waals surface area contributed by atoms with Gasteiger partial charge in [0.25, 0.3) is 5.69 Å². The Morgan fingerprint density at radius 1 is 1.47 bits per heavy atom. The average Bonchev–Trinajstić information content (AvgIpc) is 2.70. The maximum Gasteiger partial charge on any atom is 0.273 e. The van der Waals surface area contributed by atoms with E-state index in [9.17, 15) is 10.1 Å². The summed E-state index contributed by atoms with van der Waals surface area (Å²) in [7, 11) is 0. The Morgan fingerprint density at radius 3 is 2.94 bits per heavy atom. The van der Waals surface area contributed by atoms with Crippen LogP contribution in [0.3, 0.4) is 0 Å². The molecule has 0 aromatic heterocycles. The SMILES string of the molecule is [N-]=[N+]=NCCC1Oc2ccc([N+](=O)[O-])cc2O1. The number of fused-ring (bicyclic) bond motifs is 1. The molecular weight excluding hydrogens is 228 g/mol. The predicted molar refractivity (Wildman–Crippen MR) is 56.8 cm³/mol. The second kappa shape index (κ2) is 4.58. The number of nitrogens with zero attached hydrogens (tertiary/aromatic N) is 4. The lowest BCUT2D eigenvalue weighted by Gasteiger charge is -2.07. The lowest BCUT2D eigenvalue weighted by atomic mass is 10.3. The third kappa shape index (κ3) is 2.37. The van der Waals surface area contributed by atoms with E-state index in [0.29, 0.717) is 17.9 Å². The first-order valence-corrected chi connectivity index (χ1v) is 4.83. The number of hydrogen-bond acceptors (Lipinski definition) is 5. The van der Waals surface area contributed by atoms with Gasteiger partial charge in [-0.3, -0.25) is 10.1 Å². The van der Waals surface area contributed by atoms with Gasteiger partial charge in [0.2, 0.25) is 6.29 Å². The molecule has 2 rings (SSSR count). The first-order valence-electron chi connectivity index (χ1n) is 4.83. The lowest BCUT2D eigenvalue weighted by Crippen LogP contribution is -2.18. The number of non-ortho nitro benzene ring substituents is 1. The maximum absolute atomic E-state index is 10.5. The third-order valence-corrected chi connectivity index (χ3v) is 2.18. The van der Waals surface area contributed by atoms with Crippen molar-refractivity contribution in [3.05, 3.63) is 38.8 Å². The Kier molecular flexibility index (Phi) is 2.97. The van der Waals surface area contributed by atoms with Crippen LogP contribution in [0.4, 0.5) is 5.69 Å². The molecule has 0 amide bonds. The van der Waals surface area contributed by atoms with Gasteiger partial charge in [-0.15, -0.1) is 0 Å². The fraction of sp³-hybridized carbons (Fsp3) is 0.333. The van der Waals surface area contributed by atoms with Crippen LogP contribution in [-0.2, 0) is 0 Å². The van der Waals surface area contributed by atoms with Crippen LogP contribution in [-0.4, -0.2) is 17.8 Å². The Morgan fingerprint density at radius 2 is 2.24 bits per heavy atom. The van der Waals surface area contributed by atoms with Crippen LogP contribution in [0.25, 0.3) is 10.4 Å². The minimum Gasteiger partial charge on any atom is -0.451 e. The molecular formula is C9H8N4O4. The number of hydrogen-bond donors (Lipinski definition) is 0. The fourth-order valence-corrected chi connectivity index (χ4v) is 1.43. The highest BCUT2D eigenvalue weighted by Crippen LogP contribution is 2.37. The van der Waals surface area contributed by atoms with Crippen LogP contribution in [0.5, 0.6) is 11.5 Å². The van der Waals surface area contributed by atoms with Crippen LogP contribution in [0.1, 0.15) is 6.42 Å². The van der Waals surface area contributed by atoms with Crippen LogP contribution in [0, 0.1) is 10.1 Å². The summed E-state index contributed by atoms with van der Waals surface area (Å²) in [6.45, 7) is 0.247. The zero-order valence-electron chi connectivity index (χ0n) is 8.65. The van der Waals surface area contributed by atoms with Gasteiger partial charge in [0.15, 0.2) is 11.5 Å². The van der Waals surface area contributed by atoms with Gasteiger partial charge in [-0.1, -0.05) is 5.11 Å². The van der Waals surface area contributed by atoms with Crippen LogP contribution in [0.2, 0.25) is 0 Å². The quantitative estimate of drug-likeness (QED) is 0.262. The molecule has 0 N–H and O–H groups in total. The molecule has 1 aromatic rings. The van der Waals surface area contributed by atoms with Gasteiger partial charge in [0.05, 0.1) is 11.0 Å². The summed E-state index contributed by atoms with van der Waals surface area (Å²) in [5.41, 5.74) is 8.06. The largest absolute Gasteiger partial charge is 0.451 e. The Balaban J connectivity index is 2.06. The lowest BCUT2D eigenvalue weighted by molar-refractivity contribution is -0.384. The van der Waals surface area contributed by atoms with Gasteiger partial charge in [-0.2, -0.15) is 0 Å². The van der Waals surface area contributed by atoms with Gasteiger partial charge in [-0.25, -0.2) is 0 Å². The molecule has 0 fully saturated rings. The molecule has 0 spiro atoms. The van der Waals surface area contributed by atoms with E-state index in [4.69, 9.17) is 15.0 Å². The smallest absolute Gasteiger partial charge is 0.273 e. The van der Waals surface area contributed by atoms with Crippen molar-refractivity contribution in [1.29, 1.82) is 0 Å². The highest BCUT2D eigenvalue weighted by atomic mass is 16.7. The van der Waals surface area contributed by atoms with Gasteiger partial charge >= 0.3 is 0 Å². The normalized spacial score (nSPS) is 16.4. The molecule has 0 bridgehead atoms. The first-order chi connectivity index (χ1) is 8.20. The molecule has 8 heteroatoms. The van der Waals surface area contributed by atoms with Gasteiger partial charge in [0.1, 0.15) is 0 Å². The van der Waals surface area contributed by atoms with E-state index in [1.165, 1.54) is 18.2 Å². The van der Waals surface area contributed by atoms with E-state index in [0.717, 1.165) is 0 Å². The predicted octanol–water partition coefficient (Wildman–Crippen LogP) is 2.39. The van der Waals surface area contributed by atoms with Gasteiger partial charge in [0, 0.05) is 23.9 Å². The van der Waals surface area contributed by atoms with Crippen molar-refractivity contribution in [2.75, 3.05) is 6.54 Å². The number of nitro benzene ring substituents is 1. The van der Waals surface area contributed by atoms with Crippen molar-refractivity contribution in [3.63, 3.8) is 0 Å². The molecule has 0 saturated heterocycles. The Hall–Kier alpha value is -2.47. The molecule has 1 aliphatic rings. The van der Waals surface area contributed by atoms with E-state index in [1.54, 1.807) is 0 Å². The number of nitro groups is 1. The number of rotatable bonds is 4. The zero-order valence-corrected chi connectivity index (χ0v) is 8.65. The minimum absolute atomic E-state index is 0.0527. The molecule has 0 radical (unpaired) electrons. The van der Waals surface area contributed by atoms with Crippen molar-refractivity contribution in [3.8, 4) is 11.5 Å². The van der Waals surface area contributed by atoms with Gasteiger partial charge in [-0.05, 0) is 11.6 Å². The second-order valence-corrected chi connectivity index (χ2v) is 3.30. The van der Waals surface area contributed by atoms with E-state index < -0.39 is 11.2 Å². The summed E-state index contributed by atoms with van der Waals surface area (Å²) in [5, 5.41) is 13.9. The highest BCUT2D eigenvalue weighted by Gasteiger charge is 2.25. The number of azide groups is 1. The molecule has 0 saturated carbocycles. The van der Waals surface area contributed by atoms with E-state index in [2.05, 4.69) is 10.0 Å². The van der Waals surface area contributed by atoms with E-state index in [1.807, 2.05) is 0 Å². The average molecular weight is 236 g/mol. The van der Waals surface area contributed by atoms with Gasteiger partial charge < -0.3 is 9.47 Å². The second-order valence-electron chi connectivity index (χ2n) is 3.30. The molecule has 1 aromatic carbocycles. The van der Waals surface area contributed by atoms with Crippen LogP contribution < -0.4 is 9.47 Å². The van der Waals surface area contributed by atoms with Crippen LogP contribution >= 0.6 is 0 Å². The number of ether oxygens (including phenoxy) is 2. The third-order valence-electron chi connectivity index (χ3n) is 2.18. The maximum atomic E-state index is 10.5. The summed E-state index contributed by atoms with van der Waals surface area (Å²) in [4.78, 5) is 12.7. The molecule has 88 valence electrons.